The monoisotopic (exact) mass is 488 g/mol. The molecule has 2 fully saturated rings. The third-order valence-corrected chi connectivity index (χ3v) is 7.36. The Balaban J connectivity index is 1.14. The molecule has 3 aromatic rings. The Morgan fingerprint density at radius 3 is 2.42 bits per heavy atom. The summed E-state index contributed by atoms with van der Waals surface area (Å²) >= 11 is 0. The van der Waals surface area contributed by atoms with Crippen LogP contribution >= 0.6 is 0 Å². The van der Waals surface area contributed by atoms with Gasteiger partial charge in [0.1, 0.15) is 23.9 Å². The summed E-state index contributed by atoms with van der Waals surface area (Å²) in [7, 11) is 1.72. The average molecular weight is 489 g/mol. The summed E-state index contributed by atoms with van der Waals surface area (Å²) in [5.41, 5.74) is 9.99. The molecule has 2 saturated heterocycles. The molecule has 0 amide bonds. The van der Waals surface area contributed by atoms with Crippen LogP contribution in [0.25, 0.3) is 0 Å². The Hall–Kier alpha value is -3.26. The van der Waals surface area contributed by atoms with Crippen molar-refractivity contribution in [2.45, 2.75) is 24.9 Å². The number of nitrogens with one attached hydrogen (secondary N) is 2. The molecule has 3 N–H and O–H groups in total. The van der Waals surface area contributed by atoms with Gasteiger partial charge in [0.05, 0.1) is 18.8 Å². The van der Waals surface area contributed by atoms with Crippen molar-refractivity contribution in [1.82, 2.24) is 15.8 Å². The van der Waals surface area contributed by atoms with Gasteiger partial charge in [0.25, 0.3) is 0 Å². The highest BCUT2D eigenvalue weighted by Crippen LogP contribution is 2.41. The van der Waals surface area contributed by atoms with Gasteiger partial charge in [0.2, 0.25) is 0 Å². The van der Waals surface area contributed by atoms with E-state index in [4.69, 9.17) is 9.47 Å². The van der Waals surface area contributed by atoms with Crippen LogP contribution in [0.2, 0.25) is 0 Å². The predicted octanol–water partition coefficient (Wildman–Crippen LogP) is 3.92. The summed E-state index contributed by atoms with van der Waals surface area (Å²) < 4.78 is 11.5. The van der Waals surface area contributed by atoms with Crippen molar-refractivity contribution in [2.75, 3.05) is 51.3 Å². The van der Waals surface area contributed by atoms with Gasteiger partial charge < -0.3 is 19.5 Å². The molecule has 0 aromatic heterocycles. The number of rotatable bonds is 8. The lowest BCUT2D eigenvalue weighted by atomic mass is 9.84. The molecular weight excluding hydrogens is 452 g/mol. The number of hydrogen-bond donors (Lipinski definition) is 3. The molecule has 3 unspecified atom stereocenters. The van der Waals surface area contributed by atoms with E-state index in [1.807, 2.05) is 30.3 Å². The molecule has 190 valence electrons. The number of phenolic OH excluding ortho intramolecular Hbond substituents is 1. The molecule has 0 aliphatic carbocycles. The summed E-state index contributed by atoms with van der Waals surface area (Å²) in [6.07, 6.45) is 0. The van der Waals surface area contributed by atoms with Crippen LogP contribution in [0.4, 0.5) is 5.69 Å². The topological polar surface area (TPSA) is 69.2 Å². The van der Waals surface area contributed by atoms with Gasteiger partial charge in [-0.2, -0.15) is 0 Å². The van der Waals surface area contributed by atoms with Gasteiger partial charge in [-0.3, -0.25) is 10.3 Å². The van der Waals surface area contributed by atoms with E-state index in [9.17, 15) is 5.11 Å². The first-order chi connectivity index (χ1) is 17.6. The molecule has 3 aromatic carbocycles. The van der Waals surface area contributed by atoms with Gasteiger partial charge >= 0.3 is 0 Å². The van der Waals surface area contributed by atoms with E-state index >= 15 is 0 Å². The van der Waals surface area contributed by atoms with Gasteiger partial charge in [0, 0.05) is 56.3 Å². The quantitative estimate of drug-likeness (QED) is 0.444. The number of aromatic hydroxyl groups is 1. The maximum atomic E-state index is 10.9. The molecule has 5 rings (SSSR count). The SMILES string of the molecule is COc1ccccc1N1CCN(CCOc2ccc(C3NNC(C)C3c3ccccc3)c(O)c2)CC1. The second-order valence-corrected chi connectivity index (χ2v) is 9.56. The highest BCUT2D eigenvalue weighted by Gasteiger charge is 2.36. The van der Waals surface area contributed by atoms with Crippen LogP contribution in [0, 0.1) is 0 Å². The number of hydrogen-bond acceptors (Lipinski definition) is 7. The van der Waals surface area contributed by atoms with Crippen molar-refractivity contribution < 1.29 is 14.6 Å². The Bertz CT molecular complexity index is 1130. The molecule has 7 heteroatoms. The minimum absolute atomic E-state index is 0.0176. The van der Waals surface area contributed by atoms with E-state index in [1.165, 1.54) is 5.56 Å². The smallest absolute Gasteiger partial charge is 0.142 e. The molecule has 2 aliphatic rings. The van der Waals surface area contributed by atoms with Gasteiger partial charge in [-0.25, -0.2) is 5.43 Å². The van der Waals surface area contributed by atoms with Crippen LogP contribution in [0.15, 0.2) is 72.8 Å². The number of ether oxygens (including phenoxy) is 2. The second-order valence-electron chi connectivity index (χ2n) is 9.56. The van der Waals surface area contributed by atoms with E-state index in [2.05, 4.69) is 64.0 Å². The van der Waals surface area contributed by atoms with Crippen molar-refractivity contribution in [3.05, 3.63) is 83.9 Å². The maximum absolute atomic E-state index is 10.9. The van der Waals surface area contributed by atoms with E-state index in [1.54, 1.807) is 13.2 Å². The molecule has 3 atom stereocenters. The van der Waals surface area contributed by atoms with Crippen LogP contribution in [0.5, 0.6) is 17.2 Å². The number of nitrogens with zero attached hydrogens (tertiary/aromatic N) is 2. The highest BCUT2D eigenvalue weighted by atomic mass is 16.5. The summed E-state index contributed by atoms with van der Waals surface area (Å²) in [4.78, 5) is 4.79. The molecule has 0 spiro atoms. The summed E-state index contributed by atoms with van der Waals surface area (Å²) in [5, 5.41) is 10.9. The number of para-hydroxylation sites is 2. The number of piperazine rings is 1. The van der Waals surface area contributed by atoms with Crippen LogP contribution in [-0.2, 0) is 0 Å². The summed E-state index contributed by atoms with van der Waals surface area (Å²) in [6.45, 7) is 7.47. The van der Waals surface area contributed by atoms with Crippen molar-refractivity contribution >= 4 is 5.69 Å². The van der Waals surface area contributed by atoms with Crippen LogP contribution < -0.4 is 25.2 Å². The fourth-order valence-corrected chi connectivity index (χ4v) is 5.39. The minimum Gasteiger partial charge on any atom is -0.507 e. The highest BCUT2D eigenvalue weighted by molar-refractivity contribution is 5.58. The molecular formula is C29H36N4O3. The first kappa shape index (κ1) is 24.4. The largest absolute Gasteiger partial charge is 0.507 e. The van der Waals surface area contributed by atoms with Gasteiger partial charge in [0.15, 0.2) is 0 Å². The molecule has 2 aliphatic heterocycles. The van der Waals surface area contributed by atoms with Gasteiger partial charge in [-0.05, 0) is 30.7 Å². The Morgan fingerprint density at radius 2 is 1.67 bits per heavy atom. The summed E-state index contributed by atoms with van der Waals surface area (Å²) in [6, 6.07) is 24.5. The fourth-order valence-electron chi connectivity index (χ4n) is 5.39. The molecule has 2 heterocycles. The van der Waals surface area contributed by atoms with E-state index in [0.29, 0.717) is 12.4 Å². The first-order valence-electron chi connectivity index (χ1n) is 12.8. The summed E-state index contributed by atoms with van der Waals surface area (Å²) in [5.74, 6) is 2.09. The zero-order chi connectivity index (χ0) is 24.9. The molecule has 0 radical (unpaired) electrons. The standard InChI is InChI=1S/C29H36N4O3/c1-21-28(22-8-4-3-5-9-22)29(31-30-21)24-13-12-23(20-26(24)34)36-19-18-32-14-16-33(17-15-32)25-10-6-7-11-27(25)35-2/h3-13,20-21,28-31,34H,14-19H2,1-2H3. The zero-order valence-electron chi connectivity index (χ0n) is 21.1. The number of methoxy groups -OCH3 is 1. The molecule has 7 nitrogen and oxygen atoms in total. The van der Waals surface area contributed by atoms with Crippen molar-refractivity contribution in [1.29, 1.82) is 0 Å². The number of hydrazine groups is 1. The lowest BCUT2D eigenvalue weighted by Crippen LogP contribution is -2.47. The number of benzene rings is 3. The third-order valence-electron chi connectivity index (χ3n) is 7.36. The van der Waals surface area contributed by atoms with E-state index < -0.39 is 0 Å². The van der Waals surface area contributed by atoms with Crippen molar-refractivity contribution in [2.24, 2.45) is 0 Å². The van der Waals surface area contributed by atoms with Crippen LogP contribution in [-0.4, -0.2) is 62.5 Å². The van der Waals surface area contributed by atoms with Gasteiger partial charge in [-0.15, -0.1) is 0 Å². The number of phenols is 1. The lowest BCUT2D eigenvalue weighted by Gasteiger charge is -2.36. The Labute approximate surface area is 213 Å². The Morgan fingerprint density at radius 1 is 0.917 bits per heavy atom. The zero-order valence-corrected chi connectivity index (χ0v) is 21.1. The van der Waals surface area contributed by atoms with E-state index in [0.717, 1.165) is 49.7 Å². The number of anilines is 1. The second kappa shape index (κ2) is 11.2. The molecule has 0 bridgehead atoms. The third kappa shape index (κ3) is 5.28. The van der Waals surface area contributed by atoms with Crippen LogP contribution in [0.1, 0.15) is 30.0 Å². The molecule has 0 saturated carbocycles. The van der Waals surface area contributed by atoms with E-state index in [-0.39, 0.29) is 23.8 Å². The lowest BCUT2D eigenvalue weighted by molar-refractivity contribution is 0.200. The first-order valence-corrected chi connectivity index (χ1v) is 12.8. The minimum atomic E-state index is -0.0176. The predicted molar refractivity (Wildman–Crippen MR) is 143 cm³/mol. The van der Waals surface area contributed by atoms with Gasteiger partial charge in [-0.1, -0.05) is 48.5 Å². The maximum Gasteiger partial charge on any atom is 0.142 e. The fraction of sp³-hybridized carbons (Fsp3) is 0.379. The van der Waals surface area contributed by atoms with Crippen LogP contribution in [0.3, 0.4) is 0 Å². The molecule has 36 heavy (non-hydrogen) atoms. The van der Waals surface area contributed by atoms with Crippen molar-refractivity contribution in [3.8, 4) is 17.2 Å². The van der Waals surface area contributed by atoms with Crippen molar-refractivity contribution in [3.63, 3.8) is 0 Å². The normalized spacial score (nSPS) is 22.5. The Kier molecular flexibility index (Phi) is 7.60. The average Bonchev–Trinajstić information content (AvgIpc) is 3.30.